The first-order chi connectivity index (χ1) is 10.8. The van der Waals surface area contributed by atoms with Gasteiger partial charge in [0.15, 0.2) is 0 Å². The molecular formula is C20H16O2. The van der Waals surface area contributed by atoms with E-state index in [-0.39, 0.29) is 13.2 Å². The van der Waals surface area contributed by atoms with Gasteiger partial charge in [0.1, 0.15) is 0 Å². The Morgan fingerprint density at radius 1 is 0.591 bits per heavy atom. The van der Waals surface area contributed by atoms with Gasteiger partial charge in [-0.1, -0.05) is 48.5 Å². The Bertz CT molecular complexity index is 1000. The highest BCUT2D eigenvalue weighted by molar-refractivity contribution is 6.18. The Labute approximate surface area is 128 Å². The number of rotatable bonds is 2. The first kappa shape index (κ1) is 13.3. The van der Waals surface area contributed by atoms with E-state index in [4.69, 9.17) is 0 Å². The normalized spacial score (nSPS) is 11.5. The molecule has 0 amide bonds. The third-order valence-electron chi connectivity index (χ3n) is 4.36. The van der Waals surface area contributed by atoms with Crippen LogP contribution in [0.3, 0.4) is 0 Å². The number of aliphatic hydroxyl groups is 2. The Balaban J connectivity index is 2.20. The van der Waals surface area contributed by atoms with Crippen LogP contribution in [0.4, 0.5) is 0 Å². The zero-order valence-corrected chi connectivity index (χ0v) is 12.1. The van der Waals surface area contributed by atoms with Crippen molar-refractivity contribution in [3.8, 4) is 0 Å². The average Bonchev–Trinajstić information content (AvgIpc) is 2.60. The maximum atomic E-state index is 9.72. The second-order valence-electron chi connectivity index (χ2n) is 5.61. The van der Waals surface area contributed by atoms with Gasteiger partial charge < -0.3 is 10.2 Å². The van der Waals surface area contributed by atoms with Crippen molar-refractivity contribution >= 4 is 32.3 Å². The van der Waals surface area contributed by atoms with Crippen molar-refractivity contribution in [3.63, 3.8) is 0 Å². The molecule has 0 saturated heterocycles. The summed E-state index contributed by atoms with van der Waals surface area (Å²) in [6.45, 7) is 0.0785. The molecule has 0 aliphatic carbocycles. The predicted octanol–water partition coefficient (Wildman–Crippen LogP) is 4.13. The summed E-state index contributed by atoms with van der Waals surface area (Å²) in [7, 11) is 0. The molecule has 0 fully saturated rings. The minimum atomic E-state index is 0.0293. The maximum absolute atomic E-state index is 9.72. The predicted molar refractivity (Wildman–Crippen MR) is 90.8 cm³/mol. The number of benzene rings is 4. The minimum absolute atomic E-state index is 0.0293. The minimum Gasteiger partial charge on any atom is -0.392 e. The molecule has 22 heavy (non-hydrogen) atoms. The van der Waals surface area contributed by atoms with Crippen molar-refractivity contribution < 1.29 is 10.2 Å². The van der Waals surface area contributed by atoms with E-state index in [1.165, 1.54) is 5.39 Å². The number of aliphatic hydroxyl groups excluding tert-OH is 2. The lowest BCUT2D eigenvalue weighted by Gasteiger charge is -2.11. The summed E-state index contributed by atoms with van der Waals surface area (Å²) >= 11 is 0. The van der Waals surface area contributed by atoms with Crippen LogP contribution in [0.5, 0.6) is 0 Å². The van der Waals surface area contributed by atoms with Crippen LogP contribution in [-0.4, -0.2) is 10.2 Å². The molecule has 0 heterocycles. The van der Waals surface area contributed by atoms with Gasteiger partial charge in [-0.15, -0.1) is 0 Å². The SMILES string of the molecule is OCc1ccc2c(ccc3c4ccccc4c(CO)cc23)c1. The Hall–Kier alpha value is -2.42. The van der Waals surface area contributed by atoms with Gasteiger partial charge >= 0.3 is 0 Å². The summed E-state index contributed by atoms with van der Waals surface area (Å²) in [6, 6.07) is 20.5. The fourth-order valence-electron chi connectivity index (χ4n) is 3.27. The highest BCUT2D eigenvalue weighted by Crippen LogP contribution is 2.33. The lowest BCUT2D eigenvalue weighted by atomic mass is 9.93. The summed E-state index contributed by atoms with van der Waals surface area (Å²) in [5, 5.41) is 25.9. The third-order valence-corrected chi connectivity index (χ3v) is 4.36. The van der Waals surface area contributed by atoms with Crippen LogP contribution in [0.2, 0.25) is 0 Å². The molecule has 4 aromatic rings. The second kappa shape index (κ2) is 5.09. The van der Waals surface area contributed by atoms with Gasteiger partial charge in [0.25, 0.3) is 0 Å². The molecule has 0 bridgehead atoms. The zero-order valence-electron chi connectivity index (χ0n) is 12.1. The van der Waals surface area contributed by atoms with Crippen LogP contribution < -0.4 is 0 Å². The van der Waals surface area contributed by atoms with Crippen LogP contribution in [0, 0.1) is 0 Å². The lowest BCUT2D eigenvalue weighted by Crippen LogP contribution is -1.89. The topological polar surface area (TPSA) is 40.5 Å². The van der Waals surface area contributed by atoms with E-state index in [1.807, 2.05) is 24.3 Å². The molecule has 0 spiro atoms. The third kappa shape index (κ3) is 1.89. The van der Waals surface area contributed by atoms with Gasteiger partial charge in [-0.2, -0.15) is 0 Å². The lowest BCUT2D eigenvalue weighted by molar-refractivity contribution is 0.282. The molecule has 0 aromatic heterocycles. The fraction of sp³-hybridized carbons (Fsp3) is 0.100. The van der Waals surface area contributed by atoms with Gasteiger partial charge in [0.2, 0.25) is 0 Å². The molecule has 0 unspecified atom stereocenters. The van der Waals surface area contributed by atoms with Crippen molar-refractivity contribution in [2.24, 2.45) is 0 Å². The Morgan fingerprint density at radius 2 is 1.32 bits per heavy atom. The van der Waals surface area contributed by atoms with E-state index >= 15 is 0 Å². The Morgan fingerprint density at radius 3 is 2.09 bits per heavy atom. The maximum Gasteiger partial charge on any atom is 0.0688 e. The average molecular weight is 288 g/mol. The van der Waals surface area contributed by atoms with E-state index in [9.17, 15) is 10.2 Å². The number of fused-ring (bicyclic) bond motifs is 5. The summed E-state index contributed by atoms with van der Waals surface area (Å²) in [6.07, 6.45) is 0. The molecule has 0 atom stereocenters. The first-order valence-electron chi connectivity index (χ1n) is 7.39. The van der Waals surface area contributed by atoms with Gasteiger partial charge in [-0.25, -0.2) is 0 Å². The number of hydrogen-bond donors (Lipinski definition) is 2. The smallest absolute Gasteiger partial charge is 0.0688 e. The quantitative estimate of drug-likeness (QED) is 0.544. The molecule has 0 aliphatic rings. The van der Waals surface area contributed by atoms with E-state index in [1.54, 1.807) is 0 Å². The Kier molecular flexibility index (Phi) is 3.07. The highest BCUT2D eigenvalue weighted by atomic mass is 16.3. The van der Waals surface area contributed by atoms with Gasteiger partial charge in [-0.3, -0.25) is 0 Å². The van der Waals surface area contributed by atoms with Crippen molar-refractivity contribution in [2.75, 3.05) is 0 Å². The molecular weight excluding hydrogens is 272 g/mol. The molecule has 108 valence electrons. The van der Waals surface area contributed by atoms with Crippen LogP contribution in [0.15, 0.2) is 60.7 Å². The largest absolute Gasteiger partial charge is 0.392 e. The summed E-state index contributed by atoms with van der Waals surface area (Å²) in [5.41, 5.74) is 1.86. The van der Waals surface area contributed by atoms with E-state index < -0.39 is 0 Å². The molecule has 0 saturated carbocycles. The van der Waals surface area contributed by atoms with Gasteiger partial charge in [0, 0.05) is 0 Å². The molecule has 4 aromatic carbocycles. The first-order valence-corrected chi connectivity index (χ1v) is 7.39. The molecule has 2 nitrogen and oxygen atoms in total. The van der Waals surface area contributed by atoms with E-state index in [0.717, 1.165) is 38.1 Å². The van der Waals surface area contributed by atoms with Crippen LogP contribution in [-0.2, 0) is 13.2 Å². The van der Waals surface area contributed by atoms with Crippen LogP contribution >= 0.6 is 0 Å². The summed E-state index contributed by atoms with van der Waals surface area (Å²) in [5.74, 6) is 0. The van der Waals surface area contributed by atoms with E-state index in [2.05, 4.69) is 36.4 Å². The van der Waals surface area contributed by atoms with Crippen molar-refractivity contribution in [1.82, 2.24) is 0 Å². The van der Waals surface area contributed by atoms with Crippen LogP contribution in [0.25, 0.3) is 32.3 Å². The van der Waals surface area contributed by atoms with Crippen molar-refractivity contribution in [3.05, 3.63) is 71.8 Å². The molecule has 2 heteroatoms. The number of hydrogen-bond acceptors (Lipinski definition) is 2. The summed E-state index contributed by atoms with van der Waals surface area (Å²) < 4.78 is 0. The standard InChI is InChI=1S/C20H16O2/c21-11-13-5-7-17-14(9-13)6-8-19-18-4-2-1-3-16(18)15(12-22)10-20(17)19/h1-10,21-22H,11-12H2. The van der Waals surface area contributed by atoms with E-state index in [0.29, 0.717) is 0 Å². The molecule has 4 rings (SSSR count). The highest BCUT2D eigenvalue weighted by Gasteiger charge is 2.08. The van der Waals surface area contributed by atoms with Crippen molar-refractivity contribution in [1.29, 1.82) is 0 Å². The second-order valence-corrected chi connectivity index (χ2v) is 5.61. The molecule has 2 N–H and O–H groups in total. The van der Waals surface area contributed by atoms with Crippen molar-refractivity contribution in [2.45, 2.75) is 13.2 Å². The van der Waals surface area contributed by atoms with Crippen LogP contribution in [0.1, 0.15) is 11.1 Å². The molecule has 0 aliphatic heterocycles. The van der Waals surface area contributed by atoms with Gasteiger partial charge in [0.05, 0.1) is 13.2 Å². The zero-order chi connectivity index (χ0) is 15.1. The monoisotopic (exact) mass is 288 g/mol. The molecule has 0 radical (unpaired) electrons. The summed E-state index contributed by atoms with van der Waals surface area (Å²) in [4.78, 5) is 0. The van der Waals surface area contributed by atoms with Gasteiger partial charge in [-0.05, 0) is 55.6 Å². The fourth-order valence-corrected chi connectivity index (χ4v) is 3.27.